The molecular weight excluding hydrogens is 320 g/mol. The van der Waals surface area contributed by atoms with E-state index in [-0.39, 0.29) is 0 Å². The second kappa shape index (κ2) is 6.96. The fourth-order valence-electron chi connectivity index (χ4n) is 3.77. The molecule has 0 saturated carbocycles. The third kappa shape index (κ3) is 2.90. The first-order chi connectivity index (χ1) is 12.7. The van der Waals surface area contributed by atoms with Crippen LogP contribution in [0, 0.1) is 6.92 Å². The smallest absolute Gasteiger partial charge is 0.333 e. The lowest BCUT2D eigenvalue weighted by Crippen LogP contribution is -3.11. The molecule has 4 aromatic rings. The van der Waals surface area contributed by atoms with E-state index in [1.165, 1.54) is 40.9 Å². The molecule has 2 aromatic heterocycles. The molecule has 0 saturated heterocycles. The molecular formula is C22H28N4+2. The quantitative estimate of drug-likeness (QED) is 0.502. The van der Waals surface area contributed by atoms with E-state index in [0.717, 1.165) is 18.9 Å². The molecule has 0 unspecified atom stereocenters. The Kier molecular flexibility index (Phi) is 4.51. The van der Waals surface area contributed by atoms with Crippen LogP contribution in [-0.2, 0) is 6.54 Å². The highest BCUT2D eigenvalue weighted by molar-refractivity contribution is 5.74. The number of benzene rings is 2. The minimum Gasteiger partial charge on any atom is -0.333 e. The van der Waals surface area contributed by atoms with E-state index in [4.69, 9.17) is 0 Å². The van der Waals surface area contributed by atoms with Gasteiger partial charge in [-0.1, -0.05) is 42.0 Å². The van der Waals surface area contributed by atoms with Crippen molar-refractivity contribution in [3.63, 3.8) is 0 Å². The van der Waals surface area contributed by atoms with Gasteiger partial charge >= 0.3 is 5.78 Å². The number of H-pyrrole nitrogens is 1. The van der Waals surface area contributed by atoms with E-state index >= 15 is 0 Å². The van der Waals surface area contributed by atoms with Crippen LogP contribution in [0.5, 0.6) is 0 Å². The minimum atomic E-state index is 1.00. The number of nitrogens with one attached hydrogen (secondary N) is 2. The van der Waals surface area contributed by atoms with E-state index in [9.17, 15) is 0 Å². The van der Waals surface area contributed by atoms with Gasteiger partial charge in [-0.3, -0.25) is 0 Å². The summed E-state index contributed by atoms with van der Waals surface area (Å²) in [6.07, 6.45) is 2.27. The van der Waals surface area contributed by atoms with Crippen LogP contribution >= 0.6 is 0 Å². The number of quaternary nitrogens is 1. The first-order valence-electron chi connectivity index (χ1n) is 9.63. The first-order valence-corrected chi connectivity index (χ1v) is 9.63. The van der Waals surface area contributed by atoms with Crippen molar-refractivity contribution in [2.75, 3.05) is 19.6 Å². The summed E-state index contributed by atoms with van der Waals surface area (Å²) < 4.78 is 4.73. The molecule has 0 bridgehead atoms. The van der Waals surface area contributed by atoms with Crippen LogP contribution in [0.2, 0.25) is 0 Å². The van der Waals surface area contributed by atoms with Crippen LogP contribution in [0.1, 0.15) is 19.4 Å². The van der Waals surface area contributed by atoms with Gasteiger partial charge in [-0.2, -0.15) is 4.40 Å². The van der Waals surface area contributed by atoms with Crippen molar-refractivity contribution in [3.05, 3.63) is 60.3 Å². The van der Waals surface area contributed by atoms with Gasteiger partial charge in [0.15, 0.2) is 0 Å². The summed E-state index contributed by atoms with van der Waals surface area (Å²) in [5.74, 6) is 1.16. The number of para-hydroxylation sites is 2. The van der Waals surface area contributed by atoms with E-state index in [0.29, 0.717) is 0 Å². The van der Waals surface area contributed by atoms with Crippen LogP contribution < -0.4 is 9.30 Å². The topological polar surface area (TPSA) is 29.3 Å². The summed E-state index contributed by atoms with van der Waals surface area (Å²) in [6, 6.07) is 17.4. The number of likely N-dealkylation sites (N-methyl/N-ethyl adjacent to an activating group) is 1. The van der Waals surface area contributed by atoms with Gasteiger partial charge in [0.05, 0.1) is 13.1 Å². The molecule has 134 valence electrons. The maximum atomic E-state index is 3.62. The number of rotatable bonds is 6. The number of fused-ring (bicyclic) bond motifs is 3. The Morgan fingerprint density at radius 2 is 1.73 bits per heavy atom. The van der Waals surface area contributed by atoms with Crippen LogP contribution in [-0.4, -0.2) is 29.2 Å². The number of nitrogens with zero attached hydrogens (tertiary/aromatic N) is 2. The van der Waals surface area contributed by atoms with Gasteiger partial charge in [0, 0.05) is 5.56 Å². The van der Waals surface area contributed by atoms with Gasteiger partial charge < -0.3 is 4.90 Å². The van der Waals surface area contributed by atoms with Crippen molar-refractivity contribution in [1.29, 1.82) is 0 Å². The summed E-state index contributed by atoms with van der Waals surface area (Å²) in [5.41, 5.74) is 6.25. The number of aromatic nitrogens is 3. The molecule has 0 fully saturated rings. The van der Waals surface area contributed by atoms with Crippen molar-refractivity contribution < 1.29 is 9.30 Å². The van der Waals surface area contributed by atoms with E-state index in [2.05, 4.69) is 89.5 Å². The fraction of sp³-hybridized carbons (Fsp3) is 0.318. The van der Waals surface area contributed by atoms with Crippen LogP contribution in [0.25, 0.3) is 28.1 Å². The lowest BCUT2D eigenvalue weighted by atomic mass is 10.1. The summed E-state index contributed by atoms with van der Waals surface area (Å²) in [4.78, 5) is 5.25. The third-order valence-electron chi connectivity index (χ3n) is 5.47. The van der Waals surface area contributed by atoms with Crippen molar-refractivity contribution in [1.82, 2.24) is 9.55 Å². The SMILES string of the molecule is CC[NH+](CC)CCn1c(-c2ccc(C)cc2)c[n+]2c3ccccc3[nH]c12. The number of hydrogen-bond donors (Lipinski definition) is 2. The molecule has 2 heterocycles. The second-order valence-electron chi connectivity index (χ2n) is 7.07. The van der Waals surface area contributed by atoms with Crippen molar-refractivity contribution >= 4 is 16.8 Å². The molecule has 0 atom stereocenters. The van der Waals surface area contributed by atoms with Crippen molar-refractivity contribution in [3.8, 4) is 11.3 Å². The first kappa shape index (κ1) is 16.9. The molecule has 0 aliphatic carbocycles. The lowest BCUT2D eigenvalue weighted by molar-refractivity contribution is -0.897. The summed E-state index contributed by atoms with van der Waals surface area (Å²) >= 11 is 0. The average molecular weight is 348 g/mol. The molecule has 2 N–H and O–H groups in total. The molecule has 4 rings (SSSR count). The Morgan fingerprint density at radius 1 is 1.00 bits per heavy atom. The highest BCUT2D eigenvalue weighted by Gasteiger charge is 2.22. The zero-order valence-corrected chi connectivity index (χ0v) is 15.9. The zero-order valence-electron chi connectivity index (χ0n) is 15.9. The van der Waals surface area contributed by atoms with Crippen LogP contribution in [0.3, 0.4) is 0 Å². The van der Waals surface area contributed by atoms with Gasteiger partial charge in [0.25, 0.3) is 0 Å². The Balaban J connectivity index is 1.85. The van der Waals surface area contributed by atoms with Crippen LogP contribution in [0.15, 0.2) is 54.7 Å². The Labute approximate surface area is 154 Å². The summed E-state index contributed by atoms with van der Waals surface area (Å²) in [6.45, 7) is 11.1. The highest BCUT2D eigenvalue weighted by atomic mass is 15.2. The Morgan fingerprint density at radius 3 is 2.46 bits per heavy atom. The monoisotopic (exact) mass is 348 g/mol. The van der Waals surface area contributed by atoms with E-state index < -0.39 is 0 Å². The van der Waals surface area contributed by atoms with Gasteiger partial charge in [-0.15, -0.1) is 0 Å². The molecule has 0 aliphatic heterocycles. The molecule has 26 heavy (non-hydrogen) atoms. The van der Waals surface area contributed by atoms with Gasteiger partial charge in [-0.25, -0.2) is 9.55 Å². The second-order valence-corrected chi connectivity index (χ2v) is 7.07. The highest BCUT2D eigenvalue weighted by Crippen LogP contribution is 2.22. The maximum absolute atomic E-state index is 3.62. The van der Waals surface area contributed by atoms with Gasteiger partial charge in [-0.05, 0) is 32.9 Å². The standard InChI is InChI=1S/C22H26N4/c1-4-24(5-2)14-15-25-21(18-12-10-17(3)11-13-18)16-26-20-9-7-6-8-19(20)23-22(25)26/h6-13,16H,4-5,14-15H2,1-3H3/p+2. The molecule has 0 aliphatic rings. The van der Waals surface area contributed by atoms with Gasteiger partial charge in [0.1, 0.15) is 36.0 Å². The molecule has 2 aromatic carbocycles. The lowest BCUT2D eigenvalue weighted by Gasteiger charge is -2.14. The number of aryl methyl sites for hydroxylation is 1. The largest absolute Gasteiger partial charge is 0.368 e. The van der Waals surface area contributed by atoms with E-state index in [1.54, 1.807) is 4.90 Å². The average Bonchev–Trinajstić information content (AvgIpc) is 3.20. The molecule has 0 spiro atoms. The van der Waals surface area contributed by atoms with E-state index in [1.807, 2.05) is 0 Å². The number of imidazole rings is 2. The summed E-state index contributed by atoms with van der Waals surface area (Å²) in [7, 11) is 0. The maximum Gasteiger partial charge on any atom is 0.368 e. The normalized spacial score (nSPS) is 11.8. The van der Waals surface area contributed by atoms with Crippen molar-refractivity contribution in [2.24, 2.45) is 0 Å². The van der Waals surface area contributed by atoms with Crippen molar-refractivity contribution in [2.45, 2.75) is 27.3 Å². The number of aromatic amines is 1. The molecule has 0 amide bonds. The molecule has 0 radical (unpaired) electrons. The Hall–Kier alpha value is -2.59. The predicted octanol–water partition coefficient (Wildman–Crippen LogP) is 2.61. The predicted molar refractivity (Wildman–Crippen MR) is 107 cm³/mol. The fourth-order valence-corrected chi connectivity index (χ4v) is 3.77. The minimum absolute atomic E-state index is 1.00. The van der Waals surface area contributed by atoms with Gasteiger partial charge in [0.2, 0.25) is 0 Å². The summed E-state index contributed by atoms with van der Waals surface area (Å²) in [5, 5.41) is 0. The third-order valence-corrected chi connectivity index (χ3v) is 5.47. The molecule has 4 nitrogen and oxygen atoms in total. The Bertz CT molecular complexity index is 1020. The molecule has 4 heteroatoms. The number of hydrogen-bond acceptors (Lipinski definition) is 0. The zero-order chi connectivity index (χ0) is 18.1. The van der Waals surface area contributed by atoms with Crippen LogP contribution in [0.4, 0.5) is 0 Å².